The molecule has 4 rings (SSSR count). The van der Waals surface area contributed by atoms with Gasteiger partial charge in [0.15, 0.2) is 0 Å². The first-order valence-corrected chi connectivity index (χ1v) is 10.5. The number of halogens is 1. The van der Waals surface area contributed by atoms with E-state index in [0.29, 0.717) is 6.04 Å². The molecule has 28 heavy (non-hydrogen) atoms. The van der Waals surface area contributed by atoms with Gasteiger partial charge in [-0.25, -0.2) is 14.4 Å². The predicted molar refractivity (Wildman–Crippen MR) is 111 cm³/mol. The maximum atomic E-state index is 13.1. The lowest BCUT2D eigenvalue weighted by Crippen LogP contribution is -2.47. The lowest BCUT2D eigenvalue weighted by Gasteiger charge is -2.37. The largest absolute Gasteiger partial charge is 0.369 e. The van der Waals surface area contributed by atoms with Gasteiger partial charge in [0, 0.05) is 50.3 Å². The van der Waals surface area contributed by atoms with Crippen molar-refractivity contribution in [1.82, 2.24) is 14.9 Å². The lowest BCUT2D eigenvalue weighted by molar-refractivity contribution is 0.218. The molecule has 1 saturated carbocycles. The summed E-state index contributed by atoms with van der Waals surface area (Å²) in [6.07, 6.45) is 9.88. The van der Waals surface area contributed by atoms with Crippen LogP contribution in [0.4, 0.5) is 16.0 Å². The number of nitrogens with one attached hydrogen (secondary N) is 1. The molecule has 2 heterocycles. The van der Waals surface area contributed by atoms with Gasteiger partial charge < -0.3 is 10.2 Å². The van der Waals surface area contributed by atoms with Crippen molar-refractivity contribution in [3.8, 4) is 0 Å². The van der Waals surface area contributed by atoms with E-state index in [1.807, 2.05) is 18.2 Å². The summed E-state index contributed by atoms with van der Waals surface area (Å²) in [4.78, 5) is 13.5. The molecule has 1 aliphatic heterocycles. The Hall–Kier alpha value is -2.21. The van der Waals surface area contributed by atoms with Gasteiger partial charge in [0.05, 0.1) is 0 Å². The van der Waals surface area contributed by atoms with Gasteiger partial charge in [-0.3, -0.25) is 4.90 Å². The molecule has 6 heteroatoms. The molecule has 1 aromatic heterocycles. The molecule has 0 spiro atoms. The Kier molecular flexibility index (Phi) is 6.37. The zero-order valence-electron chi connectivity index (χ0n) is 16.4. The zero-order valence-corrected chi connectivity index (χ0v) is 16.4. The zero-order chi connectivity index (χ0) is 19.2. The lowest BCUT2D eigenvalue weighted by atomic mass is 9.84. The van der Waals surface area contributed by atoms with E-state index in [1.165, 1.54) is 38.6 Å². The first-order valence-electron chi connectivity index (χ1n) is 10.5. The minimum Gasteiger partial charge on any atom is -0.369 e. The van der Waals surface area contributed by atoms with Crippen LogP contribution in [0.3, 0.4) is 0 Å². The van der Waals surface area contributed by atoms with Gasteiger partial charge in [0.25, 0.3) is 0 Å². The van der Waals surface area contributed by atoms with Gasteiger partial charge in [0.2, 0.25) is 5.95 Å². The van der Waals surface area contributed by atoms with Crippen LogP contribution in [-0.4, -0.2) is 53.6 Å². The summed E-state index contributed by atoms with van der Waals surface area (Å²) >= 11 is 0. The van der Waals surface area contributed by atoms with E-state index >= 15 is 0 Å². The Balaban J connectivity index is 1.14. The number of anilines is 2. The number of hydrogen-bond acceptors (Lipinski definition) is 5. The average Bonchev–Trinajstić information content (AvgIpc) is 2.75. The molecule has 2 aromatic rings. The summed E-state index contributed by atoms with van der Waals surface area (Å²) in [5, 5.41) is 3.47. The molecule has 2 fully saturated rings. The first kappa shape index (κ1) is 19.1. The summed E-state index contributed by atoms with van der Waals surface area (Å²) in [5.41, 5.74) is 1.13. The monoisotopic (exact) mass is 383 g/mol. The molecule has 0 bridgehead atoms. The normalized spacial score (nSPS) is 23.5. The molecule has 0 atom stereocenters. The van der Waals surface area contributed by atoms with Crippen molar-refractivity contribution in [3.05, 3.63) is 48.5 Å². The number of rotatable bonds is 6. The smallest absolute Gasteiger partial charge is 0.222 e. The number of aromatic nitrogens is 2. The highest BCUT2D eigenvalue weighted by Gasteiger charge is 2.23. The van der Waals surface area contributed by atoms with E-state index < -0.39 is 0 Å². The summed E-state index contributed by atoms with van der Waals surface area (Å²) in [6, 6.07) is 9.24. The van der Waals surface area contributed by atoms with Crippen LogP contribution in [0.5, 0.6) is 0 Å². The Morgan fingerprint density at radius 3 is 2.29 bits per heavy atom. The second-order valence-electron chi connectivity index (χ2n) is 8.03. The fraction of sp³-hybridized carbons (Fsp3) is 0.545. The fourth-order valence-corrected chi connectivity index (χ4v) is 4.40. The maximum absolute atomic E-state index is 13.1. The number of piperazine rings is 1. The van der Waals surface area contributed by atoms with Crippen LogP contribution in [0.25, 0.3) is 0 Å². The van der Waals surface area contributed by atoms with Crippen LogP contribution in [0, 0.1) is 11.7 Å². The molecule has 0 amide bonds. The van der Waals surface area contributed by atoms with Crippen molar-refractivity contribution in [1.29, 1.82) is 0 Å². The highest BCUT2D eigenvalue weighted by atomic mass is 19.1. The van der Waals surface area contributed by atoms with E-state index in [4.69, 9.17) is 0 Å². The van der Waals surface area contributed by atoms with E-state index in [9.17, 15) is 4.39 Å². The molecule has 1 saturated heterocycles. The van der Waals surface area contributed by atoms with Crippen LogP contribution in [0.1, 0.15) is 32.1 Å². The first-order chi connectivity index (χ1) is 13.8. The van der Waals surface area contributed by atoms with Gasteiger partial charge in [-0.1, -0.05) is 0 Å². The molecule has 1 aliphatic carbocycles. The molecule has 2 aliphatic rings. The highest BCUT2D eigenvalue weighted by Crippen LogP contribution is 2.28. The summed E-state index contributed by atoms with van der Waals surface area (Å²) in [6.45, 7) is 5.44. The van der Waals surface area contributed by atoms with Crippen molar-refractivity contribution < 1.29 is 4.39 Å². The van der Waals surface area contributed by atoms with Crippen molar-refractivity contribution in [3.63, 3.8) is 0 Å². The maximum Gasteiger partial charge on any atom is 0.222 e. The predicted octanol–water partition coefficient (Wildman–Crippen LogP) is 3.80. The minimum atomic E-state index is -0.163. The van der Waals surface area contributed by atoms with Crippen molar-refractivity contribution in [2.45, 2.75) is 38.1 Å². The Labute approximate surface area is 167 Å². The number of hydrogen-bond donors (Lipinski definition) is 1. The quantitative estimate of drug-likeness (QED) is 0.822. The van der Waals surface area contributed by atoms with Crippen LogP contribution < -0.4 is 10.2 Å². The Morgan fingerprint density at radius 2 is 1.61 bits per heavy atom. The van der Waals surface area contributed by atoms with E-state index in [2.05, 4.69) is 25.1 Å². The third-order valence-electron chi connectivity index (χ3n) is 6.16. The third-order valence-corrected chi connectivity index (χ3v) is 6.16. The summed E-state index contributed by atoms with van der Waals surface area (Å²) in [5.74, 6) is 1.43. The van der Waals surface area contributed by atoms with E-state index in [-0.39, 0.29) is 5.82 Å². The SMILES string of the molecule is Fc1ccc(N2CCN(CC[C@H]3CC[C@H](Nc4ncccn4)CC3)CC2)cc1. The third kappa shape index (κ3) is 5.19. The molecule has 0 radical (unpaired) electrons. The standard InChI is InChI=1S/C22H30FN5/c23-19-4-8-21(9-5-19)28-16-14-27(15-17-28)13-10-18-2-6-20(7-3-18)26-22-24-11-1-12-25-22/h1,4-5,8-9,11-12,18,20H,2-3,6-7,10,13-17H2,(H,24,25,26)/t18-,20-. The molecular formula is C22H30FN5. The van der Waals surface area contributed by atoms with Gasteiger partial charge in [-0.05, 0) is 74.9 Å². The molecule has 5 nitrogen and oxygen atoms in total. The van der Waals surface area contributed by atoms with E-state index in [1.54, 1.807) is 24.5 Å². The second kappa shape index (κ2) is 9.32. The number of nitrogens with zero attached hydrogens (tertiary/aromatic N) is 4. The summed E-state index contributed by atoms with van der Waals surface area (Å²) < 4.78 is 13.1. The van der Waals surface area contributed by atoms with Crippen LogP contribution >= 0.6 is 0 Å². The molecule has 150 valence electrons. The van der Waals surface area contributed by atoms with Crippen LogP contribution in [0.15, 0.2) is 42.7 Å². The minimum absolute atomic E-state index is 0.163. The summed E-state index contributed by atoms with van der Waals surface area (Å²) in [7, 11) is 0. The fourth-order valence-electron chi connectivity index (χ4n) is 4.40. The van der Waals surface area contributed by atoms with Crippen molar-refractivity contribution in [2.75, 3.05) is 42.9 Å². The second-order valence-corrected chi connectivity index (χ2v) is 8.03. The van der Waals surface area contributed by atoms with Crippen LogP contribution in [0.2, 0.25) is 0 Å². The molecule has 1 aromatic carbocycles. The van der Waals surface area contributed by atoms with Gasteiger partial charge >= 0.3 is 0 Å². The van der Waals surface area contributed by atoms with Crippen LogP contribution in [-0.2, 0) is 0 Å². The Morgan fingerprint density at radius 1 is 0.929 bits per heavy atom. The van der Waals surface area contributed by atoms with E-state index in [0.717, 1.165) is 43.7 Å². The van der Waals surface area contributed by atoms with Gasteiger partial charge in [0.1, 0.15) is 5.82 Å². The molecule has 0 unspecified atom stereocenters. The van der Waals surface area contributed by atoms with Crippen molar-refractivity contribution >= 4 is 11.6 Å². The van der Waals surface area contributed by atoms with Crippen molar-refractivity contribution in [2.24, 2.45) is 5.92 Å². The average molecular weight is 384 g/mol. The highest BCUT2D eigenvalue weighted by molar-refractivity contribution is 5.46. The van der Waals surface area contributed by atoms with Gasteiger partial charge in [-0.2, -0.15) is 0 Å². The van der Waals surface area contributed by atoms with Gasteiger partial charge in [-0.15, -0.1) is 0 Å². The Bertz CT molecular complexity index is 707. The topological polar surface area (TPSA) is 44.3 Å². The number of benzene rings is 1. The molecule has 1 N–H and O–H groups in total. The molecular weight excluding hydrogens is 353 g/mol.